The summed E-state index contributed by atoms with van der Waals surface area (Å²) in [6.45, 7) is 7.38. The average molecular weight is 331 g/mol. The number of ether oxygens (including phenoxy) is 1. The quantitative estimate of drug-likeness (QED) is 0.844. The molecule has 1 amide bonds. The van der Waals surface area contributed by atoms with E-state index in [1.807, 2.05) is 45.0 Å². The molecule has 130 valence electrons. The molecule has 0 atom stereocenters. The number of hydrogen-bond acceptors (Lipinski definition) is 5. The van der Waals surface area contributed by atoms with Crippen LogP contribution >= 0.6 is 0 Å². The van der Waals surface area contributed by atoms with Gasteiger partial charge >= 0.3 is 0 Å². The van der Waals surface area contributed by atoms with Gasteiger partial charge < -0.3 is 19.5 Å². The highest BCUT2D eigenvalue weighted by molar-refractivity contribution is 5.93. The molecule has 0 radical (unpaired) electrons. The third kappa shape index (κ3) is 4.58. The molecule has 2 rings (SSSR count). The predicted molar refractivity (Wildman–Crippen MR) is 92.4 cm³/mol. The second kappa shape index (κ2) is 7.97. The van der Waals surface area contributed by atoms with Crippen LogP contribution in [0.15, 0.2) is 22.7 Å². The van der Waals surface area contributed by atoms with Crippen LogP contribution in [-0.4, -0.2) is 43.1 Å². The number of aromatic nitrogens is 1. The summed E-state index contributed by atoms with van der Waals surface area (Å²) in [5.74, 6) is 1.14. The Kier molecular flexibility index (Phi) is 5.98. The van der Waals surface area contributed by atoms with Crippen LogP contribution in [0.4, 0.5) is 0 Å². The van der Waals surface area contributed by atoms with Gasteiger partial charge in [0.25, 0.3) is 5.91 Å². The zero-order valence-corrected chi connectivity index (χ0v) is 15.0. The molecule has 0 saturated heterocycles. The minimum Gasteiger partial charge on any atom is -0.488 e. The van der Waals surface area contributed by atoms with Crippen LogP contribution in [0.2, 0.25) is 0 Å². The number of carbonyl (C=O) groups excluding carboxylic acids is 1. The van der Waals surface area contributed by atoms with Gasteiger partial charge in [-0.05, 0) is 46.5 Å². The van der Waals surface area contributed by atoms with Gasteiger partial charge in [-0.3, -0.25) is 4.79 Å². The van der Waals surface area contributed by atoms with Crippen LogP contribution < -0.4 is 10.1 Å². The van der Waals surface area contributed by atoms with E-state index in [0.29, 0.717) is 17.9 Å². The molecule has 1 aromatic carbocycles. The van der Waals surface area contributed by atoms with Crippen molar-refractivity contribution in [1.82, 2.24) is 15.4 Å². The standard InChI is InChI=1S/C18H25N3O3/c1-12-6-7-16(13(2)10-12)23-11-15-14(3)24-20-17(15)18(22)19-8-9-21(4)5/h6-7,10H,8-9,11H2,1-5H3,(H,19,22). The molecule has 0 bridgehead atoms. The van der Waals surface area contributed by atoms with Crippen molar-refractivity contribution < 1.29 is 14.1 Å². The number of aryl methyl sites for hydroxylation is 3. The summed E-state index contributed by atoms with van der Waals surface area (Å²) < 4.78 is 11.0. The molecular weight excluding hydrogens is 306 g/mol. The normalized spacial score (nSPS) is 10.9. The van der Waals surface area contributed by atoms with Crippen molar-refractivity contribution in [2.45, 2.75) is 27.4 Å². The Morgan fingerprint density at radius 3 is 2.71 bits per heavy atom. The molecule has 6 heteroatoms. The summed E-state index contributed by atoms with van der Waals surface area (Å²) in [5.41, 5.74) is 3.21. The van der Waals surface area contributed by atoms with Crippen LogP contribution in [0.3, 0.4) is 0 Å². The highest BCUT2D eigenvalue weighted by atomic mass is 16.5. The number of amides is 1. The minimum absolute atomic E-state index is 0.243. The summed E-state index contributed by atoms with van der Waals surface area (Å²) in [6.07, 6.45) is 0. The molecule has 0 aliphatic heterocycles. The number of benzene rings is 1. The van der Waals surface area contributed by atoms with E-state index in [9.17, 15) is 4.79 Å². The van der Waals surface area contributed by atoms with Gasteiger partial charge in [-0.25, -0.2) is 0 Å². The predicted octanol–water partition coefficient (Wildman–Crippen LogP) is 2.47. The fraction of sp³-hybridized carbons (Fsp3) is 0.444. The van der Waals surface area contributed by atoms with Gasteiger partial charge in [0.15, 0.2) is 5.69 Å². The second-order valence-electron chi connectivity index (χ2n) is 6.18. The van der Waals surface area contributed by atoms with Crippen molar-refractivity contribution in [2.75, 3.05) is 27.2 Å². The van der Waals surface area contributed by atoms with E-state index in [1.165, 1.54) is 5.56 Å². The lowest BCUT2D eigenvalue weighted by Gasteiger charge is -2.11. The maximum atomic E-state index is 12.3. The van der Waals surface area contributed by atoms with Gasteiger partial charge in [-0.2, -0.15) is 0 Å². The summed E-state index contributed by atoms with van der Waals surface area (Å²) in [7, 11) is 3.91. The molecule has 6 nitrogen and oxygen atoms in total. The molecule has 0 aliphatic carbocycles. The second-order valence-corrected chi connectivity index (χ2v) is 6.18. The Morgan fingerprint density at radius 1 is 1.29 bits per heavy atom. The van der Waals surface area contributed by atoms with Gasteiger partial charge in [0, 0.05) is 13.1 Å². The van der Waals surface area contributed by atoms with Gasteiger partial charge in [0.05, 0.1) is 5.56 Å². The lowest BCUT2D eigenvalue weighted by atomic mass is 10.1. The molecule has 1 N–H and O–H groups in total. The number of carbonyl (C=O) groups is 1. The SMILES string of the molecule is Cc1ccc(OCc2c(C(=O)NCCN(C)C)noc2C)c(C)c1. The van der Waals surface area contributed by atoms with Crippen molar-refractivity contribution >= 4 is 5.91 Å². The molecular formula is C18H25N3O3. The van der Waals surface area contributed by atoms with Crippen molar-refractivity contribution in [2.24, 2.45) is 0 Å². The average Bonchev–Trinajstić information content (AvgIpc) is 2.87. The Morgan fingerprint density at radius 2 is 2.04 bits per heavy atom. The minimum atomic E-state index is -0.243. The van der Waals surface area contributed by atoms with E-state index in [0.717, 1.165) is 17.9 Å². The first-order valence-corrected chi connectivity index (χ1v) is 7.96. The lowest BCUT2D eigenvalue weighted by Crippen LogP contribution is -2.32. The van der Waals surface area contributed by atoms with Crippen LogP contribution in [0.5, 0.6) is 5.75 Å². The molecule has 0 fully saturated rings. The molecule has 0 aliphatic rings. The van der Waals surface area contributed by atoms with E-state index in [1.54, 1.807) is 6.92 Å². The highest BCUT2D eigenvalue weighted by Crippen LogP contribution is 2.22. The highest BCUT2D eigenvalue weighted by Gasteiger charge is 2.20. The zero-order chi connectivity index (χ0) is 17.7. The topological polar surface area (TPSA) is 67.6 Å². The van der Waals surface area contributed by atoms with Crippen LogP contribution in [0, 0.1) is 20.8 Å². The number of likely N-dealkylation sites (N-methyl/N-ethyl adjacent to an activating group) is 1. The molecule has 0 spiro atoms. The fourth-order valence-corrected chi connectivity index (χ4v) is 2.33. The number of hydrogen-bond donors (Lipinski definition) is 1. The number of nitrogens with zero attached hydrogens (tertiary/aromatic N) is 2. The van der Waals surface area contributed by atoms with Crippen molar-refractivity contribution in [3.05, 3.63) is 46.3 Å². The van der Waals surface area contributed by atoms with Gasteiger partial charge in [0.2, 0.25) is 0 Å². The Hall–Kier alpha value is -2.34. The van der Waals surface area contributed by atoms with Crippen molar-refractivity contribution in [1.29, 1.82) is 0 Å². The van der Waals surface area contributed by atoms with E-state index < -0.39 is 0 Å². The smallest absolute Gasteiger partial charge is 0.273 e. The third-order valence-electron chi connectivity index (χ3n) is 3.75. The van der Waals surface area contributed by atoms with Crippen molar-refractivity contribution in [3.8, 4) is 5.75 Å². The van der Waals surface area contributed by atoms with E-state index in [2.05, 4.69) is 16.5 Å². The number of rotatable bonds is 7. The molecule has 24 heavy (non-hydrogen) atoms. The first kappa shape index (κ1) is 18.0. The zero-order valence-electron chi connectivity index (χ0n) is 15.0. The Balaban J connectivity index is 2.05. The fourth-order valence-electron chi connectivity index (χ4n) is 2.33. The number of nitrogens with one attached hydrogen (secondary N) is 1. The summed E-state index contributed by atoms with van der Waals surface area (Å²) in [4.78, 5) is 14.3. The van der Waals surface area contributed by atoms with Crippen LogP contribution in [0.25, 0.3) is 0 Å². The Bertz CT molecular complexity index is 708. The van der Waals surface area contributed by atoms with Gasteiger partial charge in [-0.15, -0.1) is 0 Å². The van der Waals surface area contributed by atoms with E-state index in [-0.39, 0.29) is 18.2 Å². The summed E-state index contributed by atoms with van der Waals surface area (Å²) in [6, 6.07) is 5.99. The first-order chi connectivity index (χ1) is 11.4. The monoisotopic (exact) mass is 331 g/mol. The van der Waals surface area contributed by atoms with Crippen molar-refractivity contribution in [3.63, 3.8) is 0 Å². The molecule has 1 aromatic heterocycles. The third-order valence-corrected chi connectivity index (χ3v) is 3.75. The largest absolute Gasteiger partial charge is 0.488 e. The van der Waals surface area contributed by atoms with Crippen LogP contribution in [0.1, 0.15) is 32.9 Å². The summed E-state index contributed by atoms with van der Waals surface area (Å²) >= 11 is 0. The maximum absolute atomic E-state index is 12.3. The van der Waals surface area contributed by atoms with Crippen LogP contribution in [-0.2, 0) is 6.61 Å². The molecule has 0 unspecified atom stereocenters. The first-order valence-electron chi connectivity index (χ1n) is 7.96. The lowest BCUT2D eigenvalue weighted by molar-refractivity contribution is 0.0940. The maximum Gasteiger partial charge on any atom is 0.273 e. The molecule has 2 aromatic rings. The summed E-state index contributed by atoms with van der Waals surface area (Å²) in [5, 5.41) is 6.72. The molecule has 1 heterocycles. The van der Waals surface area contributed by atoms with E-state index in [4.69, 9.17) is 9.26 Å². The van der Waals surface area contributed by atoms with Gasteiger partial charge in [-0.1, -0.05) is 22.9 Å². The molecule has 0 saturated carbocycles. The van der Waals surface area contributed by atoms with E-state index >= 15 is 0 Å². The van der Waals surface area contributed by atoms with Gasteiger partial charge in [0.1, 0.15) is 18.1 Å². The Labute approximate surface area is 142 Å².